The number of carboxylic acids is 1. The van der Waals surface area contributed by atoms with Crippen molar-refractivity contribution in [2.24, 2.45) is 12.2 Å². The topological polar surface area (TPSA) is 162 Å². The smallest absolute Gasteiger partial charge is 0.353 e. The molecular formula is C19H18ClN6O5S2+. The van der Waals surface area contributed by atoms with Crippen molar-refractivity contribution in [3.05, 3.63) is 45.0 Å². The number of nitrogens with one attached hydrogen (secondary N) is 1. The third-order valence-electron chi connectivity index (χ3n) is 5.26. The minimum absolute atomic E-state index is 0.0570. The fourth-order valence-electron chi connectivity index (χ4n) is 3.74. The number of carbonyl (C=O) groups is 3. The number of hydrogen-bond acceptors (Lipinski definition) is 9. The van der Waals surface area contributed by atoms with E-state index in [0.717, 1.165) is 16.4 Å². The molecule has 14 heteroatoms. The number of aromatic nitrogens is 2. The molecule has 33 heavy (non-hydrogen) atoms. The lowest BCUT2D eigenvalue weighted by molar-refractivity contribution is -0.708. The number of thiazole rings is 1. The van der Waals surface area contributed by atoms with E-state index in [0.29, 0.717) is 17.7 Å². The van der Waals surface area contributed by atoms with Gasteiger partial charge in [0.1, 0.15) is 28.8 Å². The predicted octanol–water partition coefficient (Wildman–Crippen LogP) is 0.959. The van der Waals surface area contributed by atoms with Crippen LogP contribution in [0.4, 0.5) is 5.13 Å². The Kier molecular flexibility index (Phi) is 6.28. The summed E-state index contributed by atoms with van der Waals surface area (Å²) in [4.78, 5) is 43.2. The normalized spacial score (nSPS) is 20.4. The lowest BCUT2D eigenvalue weighted by atomic mass is 9.86. The molecule has 0 radical (unpaired) electrons. The first-order valence-electron chi connectivity index (χ1n) is 9.60. The van der Waals surface area contributed by atoms with Gasteiger partial charge >= 0.3 is 5.97 Å². The van der Waals surface area contributed by atoms with Crippen LogP contribution < -0.4 is 15.6 Å². The first kappa shape index (κ1) is 23.0. The fraction of sp³-hybridized carbons (Fsp3) is 0.263. The summed E-state index contributed by atoms with van der Waals surface area (Å²) < 4.78 is 1.91. The average Bonchev–Trinajstić information content (AvgIpc) is 3.11. The number of halogens is 1. The Balaban J connectivity index is 1.55. The van der Waals surface area contributed by atoms with Crippen LogP contribution in [-0.4, -0.2) is 55.8 Å². The minimum atomic E-state index is -1.22. The molecule has 11 nitrogen and oxygen atoms in total. The summed E-state index contributed by atoms with van der Waals surface area (Å²) in [6.07, 6.45) is 2.71. The number of fused-ring (bicyclic) bond motifs is 1. The van der Waals surface area contributed by atoms with E-state index >= 15 is 0 Å². The summed E-state index contributed by atoms with van der Waals surface area (Å²) in [6, 6.07) is 4.04. The van der Waals surface area contributed by atoms with Crippen LogP contribution in [0.25, 0.3) is 0 Å². The Morgan fingerprint density at radius 2 is 2.21 bits per heavy atom. The van der Waals surface area contributed by atoms with Crippen molar-refractivity contribution >= 4 is 63.3 Å². The number of allylic oxidation sites excluding steroid dienone is 1. The van der Waals surface area contributed by atoms with E-state index < -0.39 is 35.6 Å². The maximum Gasteiger partial charge on any atom is 0.353 e. The summed E-state index contributed by atoms with van der Waals surface area (Å²) in [5, 5.41) is 25.5. The monoisotopic (exact) mass is 509 g/mol. The molecule has 4 rings (SSSR count). The lowest BCUT2D eigenvalue weighted by Gasteiger charge is -2.49. The van der Waals surface area contributed by atoms with E-state index in [1.807, 2.05) is 36.0 Å². The van der Waals surface area contributed by atoms with Crippen molar-refractivity contribution in [2.45, 2.75) is 30.0 Å². The number of carboxylic acid groups (broad SMARTS) is 1. The molecule has 0 aliphatic carbocycles. The number of anilines is 1. The number of oxime groups is 1. The highest BCUT2D eigenvalue weighted by Gasteiger charge is 2.54. The molecule has 1 fully saturated rings. The van der Waals surface area contributed by atoms with Crippen LogP contribution in [0.5, 0.6) is 0 Å². The summed E-state index contributed by atoms with van der Waals surface area (Å²) in [5.74, 6) is -2.66. The van der Waals surface area contributed by atoms with E-state index in [9.17, 15) is 24.7 Å². The molecule has 4 heterocycles. The SMILES string of the molecule is C[n+]1ccccc1SC1=C(C(=O)O)N2C(=O)[C@@H](NC(=O)/C(=N\O)c3nc(N)sc3Cl)C2CC1. The summed E-state index contributed by atoms with van der Waals surface area (Å²) >= 11 is 8.18. The Labute approximate surface area is 200 Å². The molecule has 2 aromatic rings. The van der Waals surface area contributed by atoms with Crippen molar-refractivity contribution in [2.75, 3.05) is 5.73 Å². The maximum atomic E-state index is 12.9. The molecule has 0 spiro atoms. The van der Waals surface area contributed by atoms with E-state index in [-0.39, 0.29) is 20.9 Å². The molecule has 1 saturated heterocycles. The van der Waals surface area contributed by atoms with Crippen molar-refractivity contribution in [1.82, 2.24) is 15.2 Å². The van der Waals surface area contributed by atoms with Gasteiger partial charge in [-0.15, -0.1) is 0 Å². The Morgan fingerprint density at radius 3 is 2.82 bits per heavy atom. The van der Waals surface area contributed by atoms with Crippen LogP contribution in [0.1, 0.15) is 18.5 Å². The molecule has 2 aliphatic heterocycles. The van der Waals surface area contributed by atoms with E-state index in [1.54, 1.807) is 0 Å². The molecule has 1 unspecified atom stereocenters. The van der Waals surface area contributed by atoms with Gasteiger partial charge in [-0.05, 0) is 30.7 Å². The summed E-state index contributed by atoms with van der Waals surface area (Å²) in [5.41, 5.74) is 4.88. The number of nitrogens with zero attached hydrogens (tertiary/aromatic N) is 4. The summed E-state index contributed by atoms with van der Waals surface area (Å²) in [6.45, 7) is 0. The molecule has 0 aromatic carbocycles. The average molecular weight is 510 g/mol. The number of hydrogen-bond donors (Lipinski definition) is 4. The Bertz CT molecular complexity index is 1230. The zero-order chi connectivity index (χ0) is 23.9. The predicted molar refractivity (Wildman–Crippen MR) is 120 cm³/mol. The van der Waals surface area contributed by atoms with Crippen LogP contribution in [0.15, 0.2) is 45.2 Å². The van der Waals surface area contributed by atoms with Gasteiger partial charge < -0.3 is 21.4 Å². The number of pyridine rings is 1. The lowest BCUT2D eigenvalue weighted by Crippen LogP contribution is -2.72. The second-order valence-electron chi connectivity index (χ2n) is 7.22. The van der Waals surface area contributed by atoms with Crippen LogP contribution in [-0.2, 0) is 21.4 Å². The highest BCUT2D eigenvalue weighted by molar-refractivity contribution is 8.03. The molecule has 2 amide bonds. The molecular weight excluding hydrogens is 492 g/mol. The maximum absolute atomic E-state index is 12.9. The van der Waals surface area contributed by atoms with E-state index in [1.165, 1.54) is 16.7 Å². The second-order valence-corrected chi connectivity index (χ2v) is 9.97. The third kappa shape index (κ3) is 4.14. The number of thioether (sulfide) groups is 1. The van der Waals surface area contributed by atoms with Gasteiger partial charge in [-0.3, -0.25) is 14.5 Å². The highest BCUT2D eigenvalue weighted by atomic mass is 35.5. The fourth-order valence-corrected chi connectivity index (χ4v) is 5.78. The molecule has 0 saturated carbocycles. The van der Waals surface area contributed by atoms with Crippen LogP contribution >= 0.6 is 34.7 Å². The minimum Gasteiger partial charge on any atom is -0.477 e. The molecule has 2 aromatic heterocycles. The number of β-lactam (4-membered cyclic amide) rings is 1. The largest absolute Gasteiger partial charge is 0.477 e. The Hall–Kier alpha value is -3.16. The zero-order valence-electron chi connectivity index (χ0n) is 17.1. The number of nitrogen functional groups attached to an aromatic ring is 1. The number of amides is 2. The first-order chi connectivity index (χ1) is 15.7. The quantitative estimate of drug-likeness (QED) is 0.147. The molecule has 5 N–H and O–H groups in total. The van der Waals surface area contributed by atoms with Crippen LogP contribution in [0.3, 0.4) is 0 Å². The van der Waals surface area contributed by atoms with Crippen LogP contribution in [0.2, 0.25) is 4.34 Å². The molecule has 172 valence electrons. The first-order valence-corrected chi connectivity index (χ1v) is 11.6. The van der Waals surface area contributed by atoms with Crippen molar-refractivity contribution in [1.29, 1.82) is 0 Å². The second kappa shape index (κ2) is 9.00. The summed E-state index contributed by atoms with van der Waals surface area (Å²) in [7, 11) is 1.85. The van der Waals surface area contributed by atoms with Gasteiger partial charge in [-0.1, -0.05) is 28.1 Å². The van der Waals surface area contributed by atoms with E-state index in [2.05, 4.69) is 15.5 Å². The third-order valence-corrected chi connectivity index (χ3v) is 7.62. The molecule has 2 aliphatic rings. The van der Waals surface area contributed by atoms with Crippen LogP contribution in [0, 0.1) is 0 Å². The standard InChI is InChI=1S/C19H17ClN6O5S2/c1-25-7-3-2-4-10(25)32-9-6-5-8-11(17(28)26(8)14(9)18(29)30)22-16(27)13(24-31)12-15(20)33-19(21)23-12/h2-4,7-8,11H,5-6H2,1H3,(H4-,21,22,23,27,29,30,31)/p+1/t8?,11-/m0/s1. The van der Waals surface area contributed by atoms with E-state index in [4.69, 9.17) is 17.3 Å². The number of aryl methyl sites for hydroxylation is 1. The van der Waals surface area contributed by atoms with Gasteiger partial charge in [-0.25, -0.2) is 9.78 Å². The number of nitrogens with two attached hydrogens (primary N) is 1. The number of carbonyl (C=O) groups excluding carboxylic acids is 2. The number of aliphatic carboxylic acids is 1. The van der Waals surface area contributed by atoms with Gasteiger partial charge in [0, 0.05) is 17.0 Å². The van der Waals surface area contributed by atoms with Crippen molar-refractivity contribution in [3.63, 3.8) is 0 Å². The Morgan fingerprint density at radius 1 is 1.45 bits per heavy atom. The van der Waals surface area contributed by atoms with Gasteiger partial charge in [0.25, 0.3) is 11.8 Å². The van der Waals surface area contributed by atoms with Crippen molar-refractivity contribution in [3.8, 4) is 0 Å². The molecule has 0 bridgehead atoms. The zero-order valence-corrected chi connectivity index (χ0v) is 19.4. The van der Waals surface area contributed by atoms with Gasteiger partial charge in [0.05, 0.1) is 6.04 Å². The highest BCUT2D eigenvalue weighted by Crippen LogP contribution is 2.42. The van der Waals surface area contributed by atoms with Crippen molar-refractivity contribution < 1.29 is 29.3 Å². The van der Waals surface area contributed by atoms with Gasteiger partial charge in [0.2, 0.25) is 5.03 Å². The number of rotatable bonds is 6. The van der Waals surface area contributed by atoms with Gasteiger partial charge in [-0.2, -0.15) is 4.57 Å². The van der Waals surface area contributed by atoms with Gasteiger partial charge in [0.15, 0.2) is 17.0 Å². The molecule has 2 atom stereocenters.